The molecule has 0 saturated heterocycles. The molecule has 0 unspecified atom stereocenters. The van der Waals surface area contributed by atoms with Crippen molar-refractivity contribution in [1.29, 1.82) is 0 Å². The topological polar surface area (TPSA) is 15.8 Å². The molecular formula is C15H13N. The lowest BCUT2D eigenvalue weighted by molar-refractivity contribution is 1.12. The van der Waals surface area contributed by atoms with E-state index in [9.17, 15) is 0 Å². The van der Waals surface area contributed by atoms with Gasteiger partial charge in [0, 0.05) is 17.6 Å². The van der Waals surface area contributed by atoms with Crippen LogP contribution in [-0.2, 0) is 6.42 Å². The molecule has 0 amide bonds. The van der Waals surface area contributed by atoms with E-state index in [1.54, 1.807) is 0 Å². The van der Waals surface area contributed by atoms with Gasteiger partial charge in [-0.15, -0.1) is 0 Å². The van der Waals surface area contributed by atoms with Gasteiger partial charge in [0.1, 0.15) is 0 Å². The van der Waals surface area contributed by atoms with Gasteiger partial charge in [-0.3, -0.25) is 0 Å². The first-order valence-electron chi connectivity index (χ1n) is 5.52. The molecule has 0 aliphatic carbocycles. The average Bonchev–Trinajstić information content (AvgIpc) is 2.72. The summed E-state index contributed by atoms with van der Waals surface area (Å²) >= 11 is 0. The third-order valence-corrected chi connectivity index (χ3v) is 2.82. The van der Waals surface area contributed by atoms with E-state index in [1.165, 1.54) is 22.2 Å². The first kappa shape index (κ1) is 9.22. The molecule has 1 aromatic heterocycles. The second kappa shape index (κ2) is 3.86. The summed E-state index contributed by atoms with van der Waals surface area (Å²) in [4.78, 5) is 3.44. The van der Waals surface area contributed by atoms with Gasteiger partial charge in [-0.05, 0) is 23.1 Å². The molecular weight excluding hydrogens is 194 g/mol. The minimum Gasteiger partial charge on any atom is -0.358 e. The molecule has 0 fully saturated rings. The molecule has 0 radical (unpaired) electrons. The summed E-state index contributed by atoms with van der Waals surface area (Å²) in [5, 5.41) is 1.29. The molecule has 0 aliphatic rings. The second-order valence-electron chi connectivity index (χ2n) is 4.04. The average molecular weight is 207 g/mol. The molecule has 78 valence electrons. The Balaban J connectivity index is 1.95. The maximum Gasteiger partial charge on any atom is 0.0456 e. The Bertz CT molecular complexity index is 560. The third-order valence-electron chi connectivity index (χ3n) is 2.82. The first-order valence-corrected chi connectivity index (χ1v) is 5.52. The zero-order valence-electron chi connectivity index (χ0n) is 8.98. The number of nitrogens with one attached hydrogen (secondary N) is 1. The summed E-state index contributed by atoms with van der Waals surface area (Å²) in [5.74, 6) is 0. The van der Waals surface area contributed by atoms with E-state index in [1.807, 2.05) is 0 Å². The van der Waals surface area contributed by atoms with Crippen molar-refractivity contribution in [3.05, 3.63) is 71.9 Å². The number of rotatable bonds is 2. The van der Waals surface area contributed by atoms with E-state index in [2.05, 4.69) is 65.6 Å². The van der Waals surface area contributed by atoms with Crippen molar-refractivity contribution in [2.45, 2.75) is 6.42 Å². The first-order chi connectivity index (χ1) is 7.92. The standard InChI is InChI=1S/C15H13N/c1-2-6-12(7-3-1)10-14-11-13-8-4-5-9-15(13)16-14/h1-9,11,16H,10H2. The van der Waals surface area contributed by atoms with Crippen molar-refractivity contribution in [2.75, 3.05) is 0 Å². The maximum absolute atomic E-state index is 3.44. The largest absolute Gasteiger partial charge is 0.358 e. The summed E-state index contributed by atoms with van der Waals surface area (Å²) in [6.45, 7) is 0. The van der Waals surface area contributed by atoms with Crippen molar-refractivity contribution in [3.63, 3.8) is 0 Å². The van der Waals surface area contributed by atoms with Crippen LogP contribution in [-0.4, -0.2) is 4.98 Å². The Labute approximate surface area is 94.7 Å². The van der Waals surface area contributed by atoms with Crippen LogP contribution in [0.25, 0.3) is 10.9 Å². The number of fused-ring (bicyclic) bond motifs is 1. The number of aromatic amines is 1. The molecule has 0 aliphatic heterocycles. The monoisotopic (exact) mass is 207 g/mol. The summed E-state index contributed by atoms with van der Waals surface area (Å²) < 4.78 is 0. The Morgan fingerprint density at radius 2 is 1.56 bits per heavy atom. The SMILES string of the molecule is c1ccc(Cc2cc3ccccc3[nH]2)cc1. The fourth-order valence-corrected chi connectivity index (χ4v) is 2.04. The van der Waals surface area contributed by atoms with Crippen LogP contribution >= 0.6 is 0 Å². The molecule has 1 N–H and O–H groups in total. The van der Waals surface area contributed by atoms with Gasteiger partial charge in [0.25, 0.3) is 0 Å². The number of hydrogen-bond donors (Lipinski definition) is 1. The van der Waals surface area contributed by atoms with Gasteiger partial charge >= 0.3 is 0 Å². The van der Waals surface area contributed by atoms with Crippen LogP contribution in [0, 0.1) is 0 Å². The van der Waals surface area contributed by atoms with Crippen LogP contribution in [0.4, 0.5) is 0 Å². The predicted molar refractivity (Wildman–Crippen MR) is 67.5 cm³/mol. The highest BCUT2D eigenvalue weighted by molar-refractivity contribution is 5.80. The van der Waals surface area contributed by atoms with Gasteiger partial charge in [-0.1, -0.05) is 48.5 Å². The number of hydrogen-bond acceptors (Lipinski definition) is 0. The molecule has 2 aromatic carbocycles. The van der Waals surface area contributed by atoms with Gasteiger partial charge in [0.15, 0.2) is 0 Å². The number of benzene rings is 2. The molecule has 0 bridgehead atoms. The van der Waals surface area contributed by atoms with Crippen molar-refractivity contribution < 1.29 is 0 Å². The van der Waals surface area contributed by atoms with E-state index >= 15 is 0 Å². The molecule has 16 heavy (non-hydrogen) atoms. The number of H-pyrrole nitrogens is 1. The minimum absolute atomic E-state index is 0.968. The molecule has 0 saturated carbocycles. The smallest absolute Gasteiger partial charge is 0.0456 e. The normalized spacial score (nSPS) is 10.8. The Morgan fingerprint density at radius 3 is 2.38 bits per heavy atom. The molecule has 0 spiro atoms. The molecule has 3 rings (SSSR count). The summed E-state index contributed by atoms with van der Waals surface area (Å²) in [7, 11) is 0. The van der Waals surface area contributed by atoms with E-state index in [0.717, 1.165) is 6.42 Å². The molecule has 0 atom stereocenters. The second-order valence-corrected chi connectivity index (χ2v) is 4.04. The zero-order valence-corrected chi connectivity index (χ0v) is 8.98. The quantitative estimate of drug-likeness (QED) is 0.658. The molecule has 1 heteroatoms. The highest BCUT2D eigenvalue weighted by atomic mass is 14.7. The number of para-hydroxylation sites is 1. The lowest BCUT2D eigenvalue weighted by Crippen LogP contribution is -1.86. The minimum atomic E-state index is 0.968. The van der Waals surface area contributed by atoms with Crippen molar-refractivity contribution in [3.8, 4) is 0 Å². The summed E-state index contributed by atoms with van der Waals surface area (Å²) in [6.07, 6.45) is 0.968. The van der Waals surface area contributed by atoms with Crippen LogP contribution in [0.1, 0.15) is 11.3 Å². The fourth-order valence-electron chi connectivity index (χ4n) is 2.04. The predicted octanol–water partition coefficient (Wildman–Crippen LogP) is 3.76. The summed E-state index contributed by atoms with van der Waals surface area (Å²) in [6, 6.07) is 21.1. The van der Waals surface area contributed by atoms with Gasteiger partial charge in [0.2, 0.25) is 0 Å². The Hall–Kier alpha value is -2.02. The highest BCUT2D eigenvalue weighted by Crippen LogP contribution is 2.17. The van der Waals surface area contributed by atoms with E-state index in [0.29, 0.717) is 0 Å². The van der Waals surface area contributed by atoms with E-state index in [4.69, 9.17) is 0 Å². The molecule has 1 heterocycles. The van der Waals surface area contributed by atoms with Crippen LogP contribution in [0.15, 0.2) is 60.7 Å². The molecule has 1 nitrogen and oxygen atoms in total. The van der Waals surface area contributed by atoms with E-state index < -0.39 is 0 Å². The maximum atomic E-state index is 3.44. The van der Waals surface area contributed by atoms with Gasteiger partial charge in [-0.25, -0.2) is 0 Å². The Morgan fingerprint density at radius 1 is 0.812 bits per heavy atom. The van der Waals surface area contributed by atoms with Crippen LogP contribution in [0.5, 0.6) is 0 Å². The van der Waals surface area contributed by atoms with E-state index in [-0.39, 0.29) is 0 Å². The molecule has 3 aromatic rings. The van der Waals surface area contributed by atoms with Crippen LogP contribution < -0.4 is 0 Å². The van der Waals surface area contributed by atoms with Crippen molar-refractivity contribution in [1.82, 2.24) is 4.98 Å². The van der Waals surface area contributed by atoms with Crippen LogP contribution in [0.2, 0.25) is 0 Å². The highest BCUT2D eigenvalue weighted by Gasteiger charge is 2.00. The lowest BCUT2D eigenvalue weighted by Gasteiger charge is -1.97. The van der Waals surface area contributed by atoms with Gasteiger partial charge < -0.3 is 4.98 Å². The van der Waals surface area contributed by atoms with Gasteiger partial charge in [-0.2, -0.15) is 0 Å². The Kier molecular flexibility index (Phi) is 2.22. The van der Waals surface area contributed by atoms with Gasteiger partial charge in [0.05, 0.1) is 0 Å². The zero-order chi connectivity index (χ0) is 10.8. The lowest BCUT2D eigenvalue weighted by atomic mass is 10.1. The van der Waals surface area contributed by atoms with Crippen molar-refractivity contribution >= 4 is 10.9 Å². The summed E-state index contributed by atoms with van der Waals surface area (Å²) in [5.41, 5.74) is 3.83. The third kappa shape index (κ3) is 1.72. The fraction of sp³-hybridized carbons (Fsp3) is 0.0667. The number of aromatic nitrogens is 1. The van der Waals surface area contributed by atoms with Crippen LogP contribution in [0.3, 0.4) is 0 Å². The van der Waals surface area contributed by atoms with Crippen molar-refractivity contribution in [2.24, 2.45) is 0 Å².